The fourth-order valence-electron chi connectivity index (χ4n) is 2.45. The Balaban J connectivity index is 2.04. The second kappa shape index (κ2) is 11.7. The summed E-state index contributed by atoms with van der Waals surface area (Å²) >= 11 is 2.93. The molecule has 0 aliphatic heterocycles. The molecule has 0 radical (unpaired) electrons. The molecule has 0 aromatic heterocycles. The van der Waals surface area contributed by atoms with Gasteiger partial charge in [0, 0.05) is 11.5 Å². The number of thioether (sulfide) groups is 2. The highest BCUT2D eigenvalue weighted by Gasteiger charge is 2.35. The lowest BCUT2D eigenvalue weighted by molar-refractivity contribution is -0.111. The lowest BCUT2D eigenvalue weighted by Gasteiger charge is -2.30. The van der Waals surface area contributed by atoms with Crippen LogP contribution in [0.15, 0.2) is 60.7 Å². The van der Waals surface area contributed by atoms with Crippen LogP contribution in [0.3, 0.4) is 0 Å². The van der Waals surface area contributed by atoms with Gasteiger partial charge in [-0.05, 0) is 11.1 Å². The highest BCUT2D eigenvalue weighted by Crippen LogP contribution is 2.34. The normalized spacial score (nSPS) is 16.1. The second-order valence-corrected chi connectivity index (χ2v) is 8.74. The molecule has 2 rings (SSSR count). The van der Waals surface area contributed by atoms with E-state index in [-0.39, 0.29) is 0 Å². The Labute approximate surface area is 168 Å². The molecule has 0 amide bonds. The molecular formula is C20H26O5S2. The Kier molecular flexibility index (Phi) is 9.64. The molecule has 27 heavy (non-hydrogen) atoms. The van der Waals surface area contributed by atoms with E-state index in [4.69, 9.17) is 5.11 Å². The van der Waals surface area contributed by atoms with Gasteiger partial charge in [-0.3, -0.25) is 0 Å². The van der Waals surface area contributed by atoms with Crippen LogP contribution in [0.2, 0.25) is 0 Å². The van der Waals surface area contributed by atoms with Gasteiger partial charge in [0.2, 0.25) is 0 Å². The van der Waals surface area contributed by atoms with Crippen LogP contribution in [0.1, 0.15) is 11.1 Å². The summed E-state index contributed by atoms with van der Waals surface area (Å²) < 4.78 is -0.430. The Bertz CT molecular complexity index is 600. The molecule has 0 bridgehead atoms. The summed E-state index contributed by atoms with van der Waals surface area (Å²) in [4.78, 5) is 0. The first-order valence-electron chi connectivity index (χ1n) is 8.67. The van der Waals surface area contributed by atoms with Gasteiger partial charge >= 0.3 is 0 Å². The van der Waals surface area contributed by atoms with Gasteiger partial charge < -0.3 is 25.5 Å². The average molecular weight is 411 g/mol. The van der Waals surface area contributed by atoms with Crippen LogP contribution < -0.4 is 0 Å². The number of aliphatic hydroxyl groups is 5. The van der Waals surface area contributed by atoms with Crippen LogP contribution in [-0.2, 0) is 11.5 Å². The smallest absolute Gasteiger partial charge is 0.111 e. The average Bonchev–Trinajstić information content (AvgIpc) is 2.73. The van der Waals surface area contributed by atoms with Crippen molar-refractivity contribution in [3.05, 3.63) is 71.8 Å². The van der Waals surface area contributed by atoms with E-state index in [0.717, 1.165) is 11.1 Å². The molecular weight excluding hydrogens is 384 g/mol. The van der Waals surface area contributed by atoms with Gasteiger partial charge in [-0.25, -0.2) is 0 Å². The van der Waals surface area contributed by atoms with E-state index in [1.807, 2.05) is 60.7 Å². The minimum Gasteiger partial charge on any atom is -0.394 e. The molecule has 5 N–H and O–H groups in total. The van der Waals surface area contributed by atoms with Crippen LogP contribution in [0, 0.1) is 0 Å². The van der Waals surface area contributed by atoms with Crippen molar-refractivity contribution in [3.63, 3.8) is 0 Å². The van der Waals surface area contributed by atoms with E-state index in [1.165, 1.54) is 23.5 Å². The Morgan fingerprint density at radius 1 is 0.630 bits per heavy atom. The van der Waals surface area contributed by atoms with Crippen LogP contribution in [-0.4, -0.2) is 61.1 Å². The topological polar surface area (TPSA) is 101 Å². The third-order valence-electron chi connectivity index (χ3n) is 4.07. The number of hydrogen-bond acceptors (Lipinski definition) is 7. The van der Waals surface area contributed by atoms with Crippen molar-refractivity contribution in [1.82, 2.24) is 0 Å². The van der Waals surface area contributed by atoms with E-state index in [9.17, 15) is 20.4 Å². The van der Waals surface area contributed by atoms with Gasteiger partial charge in [-0.15, -0.1) is 23.5 Å². The molecule has 0 saturated heterocycles. The quantitative estimate of drug-likeness (QED) is 0.359. The van der Waals surface area contributed by atoms with Gasteiger partial charge in [0.1, 0.15) is 24.4 Å². The van der Waals surface area contributed by atoms with Crippen molar-refractivity contribution < 1.29 is 25.5 Å². The molecule has 0 saturated carbocycles. The summed E-state index contributed by atoms with van der Waals surface area (Å²) in [6.07, 6.45) is -5.97. The molecule has 2 aromatic carbocycles. The standard InChI is InChI=1S/C20H26O5S2/c21-11-16(22)17(23)18(24)19(25)20(26-12-14-7-3-1-4-8-14)27-13-15-9-5-2-6-10-15/h1-10,16-25H,11-13H2/t16-,17-,18+,19+/m1/s1. The number of hydrogen-bond donors (Lipinski definition) is 5. The zero-order valence-electron chi connectivity index (χ0n) is 14.8. The number of benzene rings is 2. The van der Waals surface area contributed by atoms with Crippen molar-refractivity contribution in [2.45, 2.75) is 40.5 Å². The molecule has 0 unspecified atom stereocenters. The fourth-order valence-corrected chi connectivity index (χ4v) is 5.06. The first-order chi connectivity index (χ1) is 13.0. The van der Waals surface area contributed by atoms with Gasteiger partial charge in [0.25, 0.3) is 0 Å². The summed E-state index contributed by atoms with van der Waals surface area (Å²) in [6, 6.07) is 19.6. The molecule has 148 valence electrons. The van der Waals surface area contributed by atoms with Gasteiger partial charge in [0.15, 0.2) is 0 Å². The maximum Gasteiger partial charge on any atom is 0.111 e. The highest BCUT2D eigenvalue weighted by molar-refractivity contribution is 8.16. The SMILES string of the molecule is OC[C@@H](O)[C@@H](O)[C@H](O)[C@H](O)C(SCc1ccccc1)SCc1ccccc1. The molecule has 5 nitrogen and oxygen atoms in total. The molecule has 0 spiro atoms. The molecule has 0 fully saturated rings. The van der Waals surface area contributed by atoms with Crippen molar-refractivity contribution in [1.29, 1.82) is 0 Å². The van der Waals surface area contributed by atoms with Gasteiger partial charge in [-0.2, -0.15) is 0 Å². The molecule has 0 heterocycles. The minimum atomic E-state index is -1.62. The first-order valence-corrected chi connectivity index (χ1v) is 10.8. The zero-order valence-corrected chi connectivity index (χ0v) is 16.5. The van der Waals surface area contributed by atoms with E-state index < -0.39 is 35.6 Å². The lowest BCUT2D eigenvalue weighted by atomic mass is 10.0. The second-order valence-electron chi connectivity index (χ2n) is 6.18. The van der Waals surface area contributed by atoms with Crippen LogP contribution in [0.4, 0.5) is 0 Å². The first kappa shape index (κ1) is 22.2. The van der Waals surface area contributed by atoms with Crippen molar-refractivity contribution in [3.8, 4) is 0 Å². The monoisotopic (exact) mass is 410 g/mol. The van der Waals surface area contributed by atoms with E-state index in [1.54, 1.807) is 0 Å². The Hall–Kier alpha value is -1.06. The third-order valence-corrected chi connectivity index (χ3v) is 7.11. The van der Waals surface area contributed by atoms with E-state index in [0.29, 0.717) is 11.5 Å². The van der Waals surface area contributed by atoms with Gasteiger partial charge in [0.05, 0.1) is 11.2 Å². The van der Waals surface area contributed by atoms with E-state index in [2.05, 4.69) is 0 Å². The molecule has 0 aliphatic rings. The summed E-state index contributed by atoms with van der Waals surface area (Å²) in [6.45, 7) is -0.691. The zero-order chi connectivity index (χ0) is 19.6. The van der Waals surface area contributed by atoms with Crippen molar-refractivity contribution in [2.75, 3.05) is 6.61 Å². The van der Waals surface area contributed by atoms with Gasteiger partial charge in [-0.1, -0.05) is 60.7 Å². The molecule has 2 aromatic rings. The maximum absolute atomic E-state index is 10.6. The predicted octanol–water partition coefficient (Wildman–Crippen LogP) is 1.62. The molecule has 7 heteroatoms. The largest absolute Gasteiger partial charge is 0.394 e. The van der Waals surface area contributed by atoms with E-state index >= 15 is 0 Å². The fraction of sp³-hybridized carbons (Fsp3) is 0.400. The van der Waals surface area contributed by atoms with Crippen LogP contribution in [0.5, 0.6) is 0 Å². The maximum atomic E-state index is 10.6. The van der Waals surface area contributed by atoms with Crippen LogP contribution in [0.25, 0.3) is 0 Å². The predicted molar refractivity (Wildman–Crippen MR) is 110 cm³/mol. The summed E-state index contributed by atoms with van der Waals surface area (Å²) in [5, 5.41) is 49.3. The minimum absolute atomic E-state index is 0.430. The summed E-state index contributed by atoms with van der Waals surface area (Å²) in [5.41, 5.74) is 2.18. The molecule has 4 atom stereocenters. The summed E-state index contributed by atoms with van der Waals surface area (Å²) in [5.74, 6) is 1.27. The third kappa shape index (κ3) is 7.12. The Morgan fingerprint density at radius 3 is 1.48 bits per heavy atom. The Morgan fingerprint density at radius 2 is 1.07 bits per heavy atom. The molecule has 0 aliphatic carbocycles. The van der Waals surface area contributed by atoms with Crippen molar-refractivity contribution in [2.24, 2.45) is 0 Å². The summed E-state index contributed by atoms with van der Waals surface area (Å²) in [7, 11) is 0. The number of rotatable bonds is 11. The number of aliphatic hydroxyl groups excluding tert-OH is 5. The van der Waals surface area contributed by atoms with Crippen molar-refractivity contribution >= 4 is 23.5 Å². The lowest BCUT2D eigenvalue weighted by Crippen LogP contribution is -2.48. The van der Waals surface area contributed by atoms with Crippen LogP contribution >= 0.6 is 23.5 Å². The highest BCUT2D eigenvalue weighted by atomic mass is 32.2.